The van der Waals surface area contributed by atoms with Gasteiger partial charge < -0.3 is 14.6 Å². The van der Waals surface area contributed by atoms with Gasteiger partial charge in [-0.15, -0.1) is 0 Å². The maximum absolute atomic E-state index is 11.0. The third-order valence-electron chi connectivity index (χ3n) is 10.3. The predicted molar refractivity (Wildman–Crippen MR) is 182 cm³/mol. The predicted octanol–water partition coefficient (Wildman–Crippen LogP) is 8.36. The molecule has 2 aromatic rings. The molecular formula is C35H49BrN4O5. The van der Waals surface area contributed by atoms with E-state index in [0.29, 0.717) is 12.1 Å². The number of hydrogen-bond donors (Lipinski definition) is 2. The Labute approximate surface area is 276 Å². The van der Waals surface area contributed by atoms with Gasteiger partial charge in [0.2, 0.25) is 0 Å². The molecule has 2 N–H and O–H groups in total. The Hall–Kier alpha value is -2.69. The van der Waals surface area contributed by atoms with Crippen molar-refractivity contribution in [2.75, 3.05) is 25.7 Å². The minimum Gasteiger partial charge on any atom is -0.495 e. The molecular weight excluding hydrogens is 636 g/mol. The van der Waals surface area contributed by atoms with Crippen molar-refractivity contribution in [2.24, 2.45) is 11.0 Å². The second-order valence-electron chi connectivity index (χ2n) is 13.1. The molecule has 1 aliphatic carbocycles. The maximum Gasteiger partial charge on any atom is 0.269 e. The fraction of sp³-hybridized carbons (Fsp3) is 0.629. The Morgan fingerprint density at radius 2 is 1.82 bits per heavy atom. The topological polar surface area (TPSA) is 109 Å². The number of anilines is 1. The Kier molecular flexibility index (Phi) is 11.4. The summed E-state index contributed by atoms with van der Waals surface area (Å²) in [5, 5.41) is 26.6. The molecule has 0 saturated heterocycles. The quantitative estimate of drug-likeness (QED) is 0.110. The first-order valence-electron chi connectivity index (χ1n) is 16.8. The Bertz CT molecular complexity index is 1350. The van der Waals surface area contributed by atoms with E-state index in [1.165, 1.54) is 74.6 Å². The number of nitro benzene ring substituents is 1. The molecule has 1 saturated carbocycles. The highest BCUT2D eigenvalue weighted by atomic mass is 79.9. The normalized spacial score (nSPS) is 24.9. The number of nitro groups is 1. The summed E-state index contributed by atoms with van der Waals surface area (Å²) < 4.78 is 13.5. The number of unbranched alkanes of at least 4 members (excludes halogenated alkanes) is 8. The van der Waals surface area contributed by atoms with Gasteiger partial charge in [-0.3, -0.25) is 20.4 Å². The van der Waals surface area contributed by atoms with Crippen LogP contribution in [0, 0.1) is 16.0 Å². The minimum atomic E-state index is -0.404. The lowest BCUT2D eigenvalue weighted by Crippen LogP contribution is -2.52. The van der Waals surface area contributed by atoms with Gasteiger partial charge in [0.15, 0.2) is 0 Å². The van der Waals surface area contributed by atoms with Gasteiger partial charge in [-0.2, -0.15) is 5.10 Å². The van der Waals surface area contributed by atoms with Crippen LogP contribution >= 0.6 is 15.9 Å². The van der Waals surface area contributed by atoms with Crippen LogP contribution in [0.2, 0.25) is 0 Å². The summed E-state index contributed by atoms with van der Waals surface area (Å²) in [6.45, 7) is 6.40. The van der Waals surface area contributed by atoms with Crippen molar-refractivity contribution in [1.82, 2.24) is 4.90 Å². The Morgan fingerprint density at radius 1 is 1.13 bits per heavy atom. The SMILES string of the molecule is CCCCCCCCCCCN1Cc2cc(OC)c(Br)c3c2[C@@]2(C[C@H]1CO)[C@H](C)CC(=NNc1ccc([N+](=O)[O-])cc1)C[C@H]2O3. The Balaban J connectivity index is 1.34. The zero-order valence-electron chi connectivity index (χ0n) is 27.0. The molecule has 2 heterocycles. The number of benzene rings is 2. The van der Waals surface area contributed by atoms with Crippen LogP contribution < -0.4 is 14.9 Å². The van der Waals surface area contributed by atoms with Gasteiger partial charge in [0, 0.05) is 47.8 Å². The van der Waals surface area contributed by atoms with E-state index in [1.807, 2.05) is 0 Å². The molecule has 5 rings (SSSR count). The van der Waals surface area contributed by atoms with E-state index in [-0.39, 0.29) is 35.8 Å². The lowest BCUT2D eigenvalue weighted by Gasteiger charge is -2.45. The van der Waals surface area contributed by atoms with Gasteiger partial charge in [0.1, 0.15) is 22.1 Å². The number of nitrogens with one attached hydrogen (secondary N) is 1. The van der Waals surface area contributed by atoms with Crippen LogP contribution in [0.5, 0.6) is 11.5 Å². The molecule has 3 aliphatic rings. The van der Waals surface area contributed by atoms with Gasteiger partial charge in [-0.05, 0) is 71.4 Å². The van der Waals surface area contributed by atoms with Gasteiger partial charge in [0.05, 0.1) is 24.3 Å². The van der Waals surface area contributed by atoms with E-state index in [0.717, 1.165) is 54.0 Å². The number of aliphatic hydroxyl groups excluding tert-OH is 1. The van der Waals surface area contributed by atoms with Crippen LogP contribution in [0.1, 0.15) is 102 Å². The van der Waals surface area contributed by atoms with Gasteiger partial charge in [-0.1, -0.05) is 65.2 Å². The molecule has 4 atom stereocenters. The monoisotopic (exact) mass is 684 g/mol. The van der Waals surface area contributed by atoms with E-state index in [4.69, 9.17) is 14.6 Å². The van der Waals surface area contributed by atoms with Crippen LogP contribution in [0.25, 0.3) is 0 Å². The lowest BCUT2D eigenvalue weighted by molar-refractivity contribution is -0.384. The molecule has 1 spiro atoms. The van der Waals surface area contributed by atoms with Crippen LogP contribution in [-0.2, 0) is 12.0 Å². The fourth-order valence-electron chi connectivity index (χ4n) is 7.85. The molecule has 9 nitrogen and oxygen atoms in total. The lowest BCUT2D eigenvalue weighted by atomic mass is 9.59. The first kappa shape index (κ1) is 33.7. The van der Waals surface area contributed by atoms with E-state index in [2.05, 4.69) is 46.2 Å². The van der Waals surface area contributed by atoms with E-state index < -0.39 is 4.92 Å². The first-order valence-corrected chi connectivity index (χ1v) is 17.6. The summed E-state index contributed by atoms with van der Waals surface area (Å²) in [7, 11) is 1.70. The van der Waals surface area contributed by atoms with E-state index >= 15 is 0 Å². The fourth-order valence-corrected chi connectivity index (χ4v) is 8.41. The molecule has 2 aromatic carbocycles. The largest absolute Gasteiger partial charge is 0.495 e. The number of methoxy groups -OCH3 is 1. The molecule has 246 valence electrons. The highest BCUT2D eigenvalue weighted by molar-refractivity contribution is 9.10. The van der Waals surface area contributed by atoms with Crippen molar-refractivity contribution in [3.63, 3.8) is 0 Å². The highest BCUT2D eigenvalue weighted by Gasteiger charge is 2.59. The summed E-state index contributed by atoms with van der Waals surface area (Å²) in [6, 6.07) is 8.51. The third kappa shape index (κ3) is 7.18. The zero-order valence-corrected chi connectivity index (χ0v) is 28.6. The Morgan fingerprint density at radius 3 is 2.47 bits per heavy atom. The first-order chi connectivity index (χ1) is 21.8. The van der Waals surface area contributed by atoms with E-state index in [9.17, 15) is 15.2 Å². The number of non-ortho nitro benzene ring substituents is 1. The average molecular weight is 686 g/mol. The van der Waals surface area contributed by atoms with Crippen LogP contribution in [0.15, 0.2) is 39.9 Å². The van der Waals surface area contributed by atoms with Crippen molar-refractivity contribution in [3.8, 4) is 11.5 Å². The average Bonchev–Trinajstić information content (AvgIpc) is 3.31. The molecule has 1 fully saturated rings. The van der Waals surface area contributed by atoms with E-state index in [1.54, 1.807) is 19.2 Å². The van der Waals surface area contributed by atoms with Gasteiger partial charge >= 0.3 is 0 Å². The molecule has 0 radical (unpaired) electrons. The number of rotatable bonds is 15. The smallest absolute Gasteiger partial charge is 0.269 e. The number of nitrogens with zero attached hydrogens (tertiary/aromatic N) is 3. The number of hydrazone groups is 1. The van der Waals surface area contributed by atoms with Gasteiger partial charge in [0.25, 0.3) is 5.69 Å². The van der Waals surface area contributed by atoms with Crippen molar-refractivity contribution in [1.29, 1.82) is 0 Å². The van der Waals surface area contributed by atoms with Crippen molar-refractivity contribution < 1.29 is 19.5 Å². The second-order valence-corrected chi connectivity index (χ2v) is 13.9. The molecule has 0 aromatic heterocycles. The van der Waals surface area contributed by atoms with Crippen LogP contribution in [0.3, 0.4) is 0 Å². The molecule has 2 aliphatic heterocycles. The molecule has 0 amide bonds. The highest BCUT2D eigenvalue weighted by Crippen LogP contribution is 2.60. The number of halogens is 1. The standard InChI is InChI=1S/C35H49BrN4O5/c1-4-5-6-7-8-9-10-11-12-17-39-22-25-19-30(44-3)33(36)34-32(25)35(21-29(39)23-41)24(2)18-27(20-31(35)45-34)38-37-26-13-15-28(16-14-26)40(42)43/h13-16,19,24,29,31,37,41H,4-12,17-18,20-23H2,1-3H3/t24-,29+,31-,35+/m1/s1. The maximum atomic E-state index is 11.0. The third-order valence-corrected chi connectivity index (χ3v) is 11.0. The summed E-state index contributed by atoms with van der Waals surface area (Å²) in [5.74, 6) is 1.85. The number of aliphatic hydroxyl groups is 1. The number of ether oxygens (including phenoxy) is 2. The van der Waals surface area contributed by atoms with Crippen molar-refractivity contribution in [3.05, 3.63) is 56.0 Å². The summed E-state index contributed by atoms with van der Waals surface area (Å²) in [5.41, 5.74) is 7.11. The van der Waals surface area contributed by atoms with Gasteiger partial charge in [-0.25, -0.2) is 0 Å². The molecule has 45 heavy (non-hydrogen) atoms. The van der Waals surface area contributed by atoms with Crippen molar-refractivity contribution >= 4 is 33.0 Å². The van der Waals surface area contributed by atoms with Crippen molar-refractivity contribution in [2.45, 2.75) is 115 Å². The molecule has 10 heteroatoms. The summed E-state index contributed by atoms with van der Waals surface area (Å²) >= 11 is 3.81. The zero-order chi connectivity index (χ0) is 32.0. The summed E-state index contributed by atoms with van der Waals surface area (Å²) in [4.78, 5) is 13.1. The van der Waals surface area contributed by atoms with Crippen LogP contribution in [0.4, 0.5) is 11.4 Å². The minimum absolute atomic E-state index is 0.0347. The van der Waals surface area contributed by atoms with Crippen LogP contribution in [-0.4, -0.2) is 53.0 Å². The number of hydrogen-bond acceptors (Lipinski definition) is 8. The molecule has 0 bridgehead atoms. The second kappa shape index (κ2) is 15.3. The summed E-state index contributed by atoms with van der Waals surface area (Å²) in [6.07, 6.45) is 13.8. The molecule has 0 unspecified atom stereocenters.